The minimum absolute atomic E-state index is 0.142. The molecular formula is C15H19NO5. The summed E-state index contributed by atoms with van der Waals surface area (Å²) in [6.07, 6.45) is -2.76. The Morgan fingerprint density at radius 1 is 1.33 bits per heavy atom. The van der Waals surface area contributed by atoms with Gasteiger partial charge in [0.15, 0.2) is 6.10 Å². The van der Waals surface area contributed by atoms with Crippen molar-refractivity contribution in [1.82, 2.24) is 4.90 Å². The van der Waals surface area contributed by atoms with Crippen LogP contribution in [-0.4, -0.2) is 51.8 Å². The number of aliphatic hydroxyl groups is 2. The summed E-state index contributed by atoms with van der Waals surface area (Å²) in [6, 6.07) is 8.18. The minimum atomic E-state index is -1.49. The molecule has 114 valence electrons. The molecular weight excluding hydrogens is 274 g/mol. The average Bonchev–Trinajstić information content (AvgIpc) is 2.69. The number of aliphatic hydroxyl groups excluding tert-OH is 2. The lowest BCUT2D eigenvalue weighted by molar-refractivity contribution is -0.146. The highest BCUT2D eigenvalue weighted by Gasteiger charge is 2.48. The lowest BCUT2D eigenvalue weighted by Gasteiger charge is -2.31. The molecule has 1 fully saturated rings. The number of likely N-dealkylation sites (tertiary alicyclic amines) is 1. The van der Waals surface area contributed by atoms with E-state index in [2.05, 4.69) is 0 Å². The highest BCUT2D eigenvalue weighted by molar-refractivity contribution is 5.85. The fraction of sp³-hybridized carbons (Fsp3) is 0.467. The molecule has 0 bridgehead atoms. The number of benzene rings is 1. The third-order valence-electron chi connectivity index (χ3n) is 3.74. The van der Waals surface area contributed by atoms with Gasteiger partial charge in [-0.05, 0) is 12.5 Å². The van der Waals surface area contributed by atoms with Gasteiger partial charge in [0.2, 0.25) is 0 Å². The Morgan fingerprint density at radius 3 is 2.52 bits per heavy atom. The van der Waals surface area contributed by atoms with Crippen LogP contribution < -0.4 is 0 Å². The third-order valence-corrected chi connectivity index (χ3v) is 3.74. The maximum atomic E-state index is 12.2. The summed E-state index contributed by atoms with van der Waals surface area (Å²) in [4.78, 5) is 24.5. The minimum Gasteiger partial charge on any atom is -0.464 e. The first kappa shape index (κ1) is 15.5. The van der Waals surface area contributed by atoms with Crippen molar-refractivity contribution >= 4 is 11.9 Å². The van der Waals surface area contributed by atoms with Gasteiger partial charge in [-0.15, -0.1) is 0 Å². The molecule has 0 unspecified atom stereocenters. The molecule has 1 aliphatic rings. The van der Waals surface area contributed by atoms with Crippen LogP contribution in [0.5, 0.6) is 0 Å². The second-order valence-electron chi connectivity index (χ2n) is 5.14. The highest BCUT2D eigenvalue weighted by atomic mass is 16.5. The van der Waals surface area contributed by atoms with Gasteiger partial charge in [-0.25, -0.2) is 0 Å². The van der Waals surface area contributed by atoms with Crippen molar-refractivity contribution in [2.75, 3.05) is 6.61 Å². The zero-order chi connectivity index (χ0) is 15.6. The first-order chi connectivity index (χ1) is 9.93. The Balaban J connectivity index is 2.24. The van der Waals surface area contributed by atoms with Crippen LogP contribution in [0.4, 0.5) is 0 Å². The maximum absolute atomic E-state index is 12.2. The third kappa shape index (κ3) is 3.06. The van der Waals surface area contributed by atoms with Crippen molar-refractivity contribution in [1.29, 1.82) is 0 Å². The number of hydrogen-bond acceptors (Lipinski definition) is 5. The van der Waals surface area contributed by atoms with Crippen molar-refractivity contribution in [3.63, 3.8) is 0 Å². The second kappa shape index (κ2) is 6.24. The molecule has 4 atom stereocenters. The summed E-state index contributed by atoms with van der Waals surface area (Å²) >= 11 is 0. The van der Waals surface area contributed by atoms with E-state index in [9.17, 15) is 19.8 Å². The highest BCUT2D eigenvalue weighted by Crippen LogP contribution is 2.30. The van der Waals surface area contributed by atoms with E-state index < -0.39 is 30.1 Å². The zero-order valence-electron chi connectivity index (χ0n) is 12.0. The number of carbonyl (C=O) groups excluding carboxylic acids is 2. The van der Waals surface area contributed by atoms with E-state index in [4.69, 9.17) is 4.74 Å². The molecule has 2 rings (SSSR count). The van der Waals surface area contributed by atoms with Gasteiger partial charge in [0.05, 0.1) is 12.1 Å². The normalized spacial score (nSPS) is 26.8. The lowest BCUT2D eigenvalue weighted by atomic mass is 10.1. The molecule has 0 aromatic heterocycles. The molecule has 1 aromatic rings. The van der Waals surface area contributed by atoms with Crippen molar-refractivity contribution in [2.45, 2.75) is 38.1 Å². The van der Waals surface area contributed by atoms with Crippen LogP contribution in [0, 0.1) is 0 Å². The largest absolute Gasteiger partial charge is 0.464 e. The monoisotopic (exact) mass is 293 g/mol. The van der Waals surface area contributed by atoms with Crippen LogP contribution in [0.25, 0.3) is 0 Å². The summed E-state index contributed by atoms with van der Waals surface area (Å²) < 4.78 is 4.91. The summed E-state index contributed by atoms with van der Waals surface area (Å²) in [5.41, 5.74) is 0.875. The number of rotatable bonds is 4. The summed E-state index contributed by atoms with van der Waals surface area (Å²) in [6.45, 7) is 2.92. The molecule has 0 aliphatic carbocycles. The van der Waals surface area contributed by atoms with Crippen molar-refractivity contribution in [2.24, 2.45) is 0 Å². The molecule has 2 N–H and O–H groups in total. The van der Waals surface area contributed by atoms with Gasteiger partial charge in [0.25, 0.3) is 5.91 Å². The number of ether oxygens (including phenoxy) is 1. The number of hydrogen-bond donors (Lipinski definition) is 2. The van der Waals surface area contributed by atoms with E-state index in [0.717, 1.165) is 5.56 Å². The van der Waals surface area contributed by atoms with Gasteiger partial charge in [0, 0.05) is 6.92 Å². The quantitative estimate of drug-likeness (QED) is 0.777. The Bertz CT molecular complexity index is 518. The molecule has 0 radical (unpaired) electrons. The van der Waals surface area contributed by atoms with E-state index in [1.165, 1.54) is 11.8 Å². The van der Waals surface area contributed by atoms with Crippen molar-refractivity contribution in [3.05, 3.63) is 35.9 Å². The SMILES string of the molecule is CC(=O)OC[C@@H]1[C@@H](O)[C@H](O)C(=O)N1[C@H](C)c1ccccc1. The Kier molecular flexibility index (Phi) is 4.59. The van der Waals surface area contributed by atoms with Crippen LogP contribution in [-0.2, 0) is 14.3 Å². The number of nitrogens with zero attached hydrogens (tertiary/aromatic N) is 1. The first-order valence-corrected chi connectivity index (χ1v) is 6.80. The van der Waals surface area contributed by atoms with Crippen LogP contribution >= 0.6 is 0 Å². The predicted molar refractivity (Wildman–Crippen MR) is 74.1 cm³/mol. The average molecular weight is 293 g/mol. The lowest BCUT2D eigenvalue weighted by Crippen LogP contribution is -2.42. The molecule has 6 nitrogen and oxygen atoms in total. The molecule has 0 spiro atoms. The van der Waals surface area contributed by atoms with E-state index in [0.29, 0.717) is 0 Å². The van der Waals surface area contributed by atoms with Gasteiger partial charge in [-0.1, -0.05) is 30.3 Å². The smallest absolute Gasteiger partial charge is 0.302 e. The molecule has 1 aromatic carbocycles. The predicted octanol–water partition coefficient (Wildman–Crippen LogP) is 0.243. The maximum Gasteiger partial charge on any atom is 0.302 e. The van der Waals surface area contributed by atoms with E-state index >= 15 is 0 Å². The standard InChI is InChI=1S/C15H19NO5/c1-9(11-6-4-3-5-7-11)16-12(8-21-10(2)17)13(18)14(19)15(16)20/h3-7,9,12-14,18-19H,8H2,1-2H3/t9-,12-,13-,14+/m1/s1. The summed E-state index contributed by atoms with van der Waals surface area (Å²) in [5, 5.41) is 19.8. The molecule has 1 heterocycles. The zero-order valence-corrected chi connectivity index (χ0v) is 12.0. The van der Waals surface area contributed by atoms with E-state index in [1.54, 1.807) is 6.92 Å². The van der Waals surface area contributed by atoms with Gasteiger partial charge in [-0.3, -0.25) is 9.59 Å². The Labute approximate surface area is 122 Å². The molecule has 1 amide bonds. The van der Waals surface area contributed by atoms with Gasteiger partial charge >= 0.3 is 5.97 Å². The van der Waals surface area contributed by atoms with E-state index in [1.807, 2.05) is 30.3 Å². The summed E-state index contributed by atoms with van der Waals surface area (Å²) in [5.74, 6) is -1.06. The fourth-order valence-electron chi connectivity index (χ4n) is 2.59. The van der Waals surface area contributed by atoms with Crippen LogP contribution in [0.1, 0.15) is 25.5 Å². The van der Waals surface area contributed by atoms with E-state index in [-0.39, 0.29) is 12.6 Å². The Hall–Kier alpha value is -1.92. The first-order valence-electron chi connectivity index (χ1n) is 6.80. The fourth-order valence-corrected chi connectivity index (χ4v) is 2.59. The van der Waals surface area contributed by atoms with Crippen molar-refractivity contribution in [3.8, 4) is 0 Å². The van der Waals surface area contributed by atoms with Crippen molar-refractivity contribution < 1.29 is 24.5 Å². The van der Waals surface area contributed by atoms with Crippen LogP contribution in [0.3, 0.4) is 0 Å². The Morgan fingerprint density at radius 2 is 1.95 bits per heavy atom. The van der Waals surface area contributed by atoms with Crippen LogP contribution in [0.15, 0.2) is 30.3 Å². The van der Waals surface area contributed by atoms with Crippen LogP contribution in [0.2, 0.25) is 0 Å². The number of esters is 1. The second-order valence-corrected chi connectivity index (χ2v) is 5.14. The molecule has 6 heteroatoms. The molecule has 1 aliphatic heterocycles. The van der Waals surface area contributed by atoms with Gasteiger partial charge in [0.1, 0.15) is 12.7 Å². The number of carbonyl (C=O) groups is 2. The number of amides is 1. The summed E-state index contributed by atoms with van der Waals surface area (Å²) in [7, 11) is 0. The molecule has 0 saturated carbocycles. The topological polar surface area (TPSA) is 87.1 Å². The van der Waals surface area contributed by atoms with Gasteiger partial charge in [-0.2, -0.15) is 0 Å². The molecule has 21 heavy (non-hydrogen) atoms. The van der Waals surface area contributed by atoms with Gasteiger partial charge < -0.3 is 19.8 Å². The molecule has 1 saturated heterocycles.